The highest BCUT2D eigenvalue weighted by Crippen LogP contribution is 2.09. The van der Waals surface area contributed by atoms with Crippen molar-refractivity contribution in [1.29, 1.82) is 0 Å². The molecule has 0 aliphatic carbocycles. The van der Waals surface area contributed by atoms with Gasteiger partial charge in [-0.3, -0.25) is 4.99 Å². The maximum absolute atomic E-state index is 4.83. The lowest BCUT2D eigenvalue weighted by Gasteiger charge is -2.33. The van der Waals surface area contributed by atoms with Crippen LogP contribution in [0.4, 0.5) is 0 Å². The molecule has 0 spiro atoms. The SMILES string of the molecule is CCNC(=NCCCCN1CCN(CC)CC1)N(C)CCc1cccs1.I. The van der Waals surface area contributed by atoms with Gasteiger partial charge in [0.05, 0.1) is 0 Å². The Morgan fingerprint density at radius 3 is 2.56 bits per heavy atom. The van der Waals surface area contributed by atoms with E-state index in [1.807, 2.05) is 11.3 Å². The minimum absolute atomic E-state index is 0. The molecular formula is C20H38IN5S. The maximum Gasteiger partial charge on any atom is 0.193 e. The molecule has 0 saturated carbocycles. The molecule has 1 saturated heterocycles. The first-order valence-electron chi connectivity index (χ1n) is 10.2. The van der Waals surface area contributed by atoms with Gasteiger partial charge in [0.15, 0.2) is 5.96 Å². The first-order chi connectivity index (χ1) is 12.7. The molecule has 0 atom stereocenters. The van der Waals surface area contributed by atoms with Crippen molar-refractivity contribution in [2.45, 2.75) is 33.1 Å². The molecule has 5 nitrogen and oxygen atoms in total. The molecule has 0 radical (unpaired) electrons. The van der Waals surface area contributed by atoms with E-state index in [1.54, 1.807) is 0 Å². The van der Waals surface area contributed by atoms with Gasteiger partial charge in [-0.1, -0.05) is 13.0 Å². The van der Waals surface area contributed by atoms with E-state index in [-0.39, 0.29) is 24.0 Å². The topological polar surface area (TPSA) is 34.1 Å². The van der Waals surface area contributed by atoms with Crippen LogP contribution in [-0.4, -0.2) is 86.6 Å². The second-order valence-electron chi connectivity index (χ2n) is 6.97. The fourth-order valence-electron chi connectivity index (χ4n) is 3.27. The van der Waals surface area contributed by atoms with Crippen LogP contribution in [-0.2, 0) is 6.42 Å². The van der Waals surface area contributed by atoms with Gasteiger partial charge >= 0.3 is 0 Å². The average Bonchev–Trinajstić information content (AvgIpc) is 3.19. The van der Waals surface area contributed by atoms with Crippen LogP contribution < -0.4 is 5.32 Å². The van der Waals surface area contributed by atoms with Gasteiger partial charge < -0.3 is 20.0 Å². The van der Waals surface area contributed by atoms with E-state index in [1.165, 1.54) is 57.0 Å². The molecule has 0 amide bonds. The van der Waals surface area contributed by atoms with Gasteiger partial charge in [-0.2, -0.15) is 0 Å². The monoisotopic (exact) mass is 507 g/mol. The highest BCUT2D eigenvalue weighted by Gasteiger charge is 2.14. The van der Waals surface area contributed by atoms with Gasteiger partial charge in [-0.25, -0.2) is 0 Å². The number of halogens is 1. The summed E-state index contributed by atoms with van der Waals surface area (Å²) in [5, 5.41) is 5.58. The Kier molecular flexibility index (Phi) is 13.3. The van der Waals surface area contributed by atoms with Gasteiger partial charge in [0, 0.05) is 57.7 Å². The summed E-state index contributed by atoms with van der Waals surface area (Å²) in [5.41, 5.74) is 0. The van der Waals surface area contributed by atoms with Gasteiger partial charge in [-0.05, 0) is 50.7 Å². The number of aliphatic imine (C=N–C) groups is 1. The number of guanidine groups is 1. The lowest BCUT2D eigenvalue weighted by atomic mass is 10.2. The Hall–Kier alpha value is -0.380. The van der Waals surface area contributed by atoms with Crippen molar-refractivity contribution in [2.24, 2.45) is 4.99 Å². The van der Waals surface area contributed by atoms with Crippen LogP contribution in [0.25, 0.3) is 0 Å². The number of hydrogen-bond donors (Lipinski definition) is 1. The fourth-order valence-corrected chi connectivity index (χ4v) is 3.97. The van der Waals surface area contributed by atoms with E-state index in [0.29, 0.717) is 0 Å². The number of rotatable bonds is 10. The van der Waals surface area contributed by atoms with E-state index >= 15 is 0 Å². The van der Waals surface area contributed by atoms with Crippen molar-refractivity contribution < 1.29 is 0 Å². The normalized spacial score (nSPS) is 16.2. The van der Waals surface area contributed by atoms with E-state index in [9.17, 15) is 0 Å². The summed E-state index contributed by atoms with van der Waals surface area (Å²) >= 11 is 1.83. The highest BCUT2D eigenvalue weighted by molar-refractivity contribution is 14.0. The molecular weight excluding hydrogens is 469 g/mol. The summed E-state index contributed by atoms with van der Waals surface area (Å²) in [5.74, 6) is 1.04. The zero-order valence-electron chi connectivity index (χ0n) is 17.3. The summed E-state index contributed by atoms with van der Waals surface area (Å²) in [6.07, 6.45) is 3.50. The Labute approximate surface area is 187 Å². The Morgan fingerprint density at radius 1 is 1.19 bits per heavy atom. The van der Waals surface area contributed by atoms with Gasteiger partial charge in [0.1, 0.15) is 0 Å². The fraction of sp³-hybridized carbons (Fsp3) is 0.750. The lowest BCUT2D eigenvalue weighted by molar-refractivity contribution is 0.136. The lowest BCUT2D eigenvalue weighted by Crippen LogP contribution is -2.46. The van der Waals surface area contributed by atoms with E-state index in [0.717, 1.165) is 32.0 Å². The molecule has 1 aliphatic heterocycles. The quantitative estimate of drug-likeness (QED) is 0.228. The molecule has 0 unspecified atom stereocenters. The average molecular weight is 508 g/mol. The van der Waals surface area contributed by atoms with Crippen LogP contribution in [0, 0.1) is 0 Å². The van der Waals surface area contributed by atoms with Crippen LogP contribution >= 0.6 is 35.3 Å². The molecule has 2 rings (SSSR count). The Balaban J connectivity index is 0.00000364. The second-order valence-corrected chi connectivity index (χ2v) is 8.00. The molecule has 1 aromatic rings. The smallest absolute Gasteiger partial charge is 0.193 e. The standard InChI is InChI=1S/C20H37N5S.HI/c1-4-21-20(23(3)13-10-19-9-8-18-26-19)22-11-6-7-12-25-16-14-24(5-2)15-17-25;/h8-9,18H,4-7,10-17H2,1-3H3,(H,21,22);1H. The maximum atomic E-state index is 4.83. The third-order valence-electron chi connectivity index (χ3n) is 5.03. The van der Waals surface area contributed by atoms with Crippen LogP contribution in [0.15, 0.2) is 22.5 Å². The van der Waals surface area contributed by atoms with Gasteiger partial charge in [-0.15, -0.1) is 35.3 Å². The van der Waals surface area contributed by atoms with Crippen molar-refractivity contribution in [1.82, 2.24) is 20.0 Å². The van der Waals surface area contributed by atoms with Crippen LogP contribution in [0.2, 0.25) is 0 Å². The highest BCUT2D eigenvalue weighted by atomic mass is 127. The minimum atomic E-state index is 0. The summed E-state index contributed by atoms with van der Waals surface area (Å²) in [7, 11) is 2.14. The van der Waals surface area contributed by atoms with Crippen LogP contribution in [0.1, 0.15) is 31.6 Å². The molecule has 1 aromatic heterocycles. The number of unbranched alkanes of at least 4 members (excludes halogenated alkanes) is 1. The van der Waals surface area contributed by atoms with E-state index in [4.69, 9.17) is 4.99 Å². The third kappa shape index (κ3) is 9.58. The van der Waals surface area contributed by atoms with E-state index in [2.05, 4.69) is 58.4 Å². The largest absolute Gasteiger partial charge is 0.357 e. The van der Waals surface area contributed by atoms with Gasteiger partial charge in [0.25, 0.3) is 0 Å². The third-order valence-corrected chi connectivity index (χ3v) is 5.96. The van der Waals surface area contributed by atoms with E-state index < -0.39 is 0 Å². The summed E-state index contributed by atoms with van der Waals surface area (Å²) in [6, 6.07) is 4.34. The number of hydrogen-bond acceptors (Lipinski definition) is 4. The number of thiophene rings is 1. The van der Waals surface area contributed by atoms with Crippen molar-refractivity contribution in [3.05, 3.63) is 22.4 Å². The number of nitrogens with one attached hydrogen (secondary N) is 1. The number of nitrogens with zero attached hydrogens (tertiary/aromatic N) is 4. The first kappa shape index (κ1) is 24.7. The molecule has 1 aliphatic rings. The zero-order chi connectivity index (χ0) is 18.6. The van der Waals surface area contributed by atoms with Crippen molar-refractivity contribution >= 4 is 41.3 Å². The molecule has 27 heavy (non-hydrogen) atoms. The number of likely N-dealkylation sites (N-methyl/N-ethyl adjacent to an activating group) is 2. The molecule has 0 aromatic carbocycles. The first-order valence-corrected chi connectivity index (χ1v) is 11.1. The van der Waals surface area contributed by atoms with Gasteiger partial charge in [0.2, 0.25) is 0 Å². The van der Waals surface area contributed by atoms with Crippen molar-refractivity contribution in [2.75, 3.05) is 66.0 Å². The zero-order valence-corrected chi connectivity index (χ0v) is 20.5. The molecule has 1 fully saturated rings. The second kappa shape index (κ2) is 14.6. The predicted octanol–water partition coefficient (Wildman–Crippen LogP) is 3.22. The molecule has 156 valence electrons. The predicted molar refractivity (Wildman–Crippen MR) is 130 cm³/mol. The minimum Gasteiger partial charge on any atom is -0.357 e. The molecule has 1 N–H and O–H groups in total. The summed E-state index contributed by atoms with van der Waals surface area (Å²) in [6.45, 7) is 14.6. The number of piperazine rings is 1. The van der Waals surface area contributed by atoms with Crippen LogP contribution in [0.5, 0.6) is 0 Å². The Morgan fingerprint density at radius 2 is 1.93 bits per heavy atom. The Bertz CT molecular complexity index is 500. The van der Waals surface area contributed by atoms with Crippen molar-refractivity contribution in [3.8, 4) is 0 Å². The van der Waals surface area contributed by atoms with Crippen LogP contribution in [0.3, 0.4) is 0 Å². The molecule has 2 heterocycles. The molecule has 0 bridgehead atoms. The summed E-state index contributed by atoms with van der Waals surface area (Å²) < 4.78 is 0. The molecule has 7 heteroatoms. The summed E-state index contributed by atoms with van der Waals surface area (Å²) in [4.78, 5) is 13.7. The van der Waals surface area contributed by atoms with Crippen molar-refractivity contribution in [3.63, 3.8) is 0 Å².